The Bertz CT molecular complexity index is 286. The number of hydrogen-bond acceptors (Lipinski definition) is 4. The summed E-state index contributed by atoms with van der Waals surface area (Å²) in [5.74, 6) is -0.626. The molecule has 2 heterocycles. The number of piperidine rings is 1. The molecule has 2 saturated heterocycles. The minimum Gasteiger partial charge on any atom is -0.349 e. The van der Waals surface area contributed by atoms with Gasteiger partial charge in [0.05, 0.1) is 19.1 Å². The van der Waals surface area contributed by atoms with Crippen molar-refractivity contribution in [2.75, 3.05) is 13.2 Å². The summed E-state index contributed by atoms with van der Waals surface area (Å²) in [5.41, 5.74) is -0.0362. The highest BCUT2D eigenvalue weighted by Gasteiger charge is 2.50. The van der Waals surface area contributed by atoms with Crippen molar-refractivity contribution in [3.8, 4) is 0 Å². The van der Waals surface area contributed by atoms with E-state index < -0.39 is 5.79 Å². The number of ether oxygens (including phenoxy) is 2. The Morgan fingerprint density at radius 2 is 1.53 bits per heavy atom. The molecule has 0 radical (unpaired) electrons. The molecular formula is C13H23NO3. The van der Waals surface area contributed by atoms with Crippen LogP contribution in [-0.2, 0) is 14.3 Å². The molecule has 2 aliphatic heterocycles. The van der Waals surface area contributed by atoms with Crippen LogP contribution in [0.1, 0.15) is 40.5 Å². The number of carbonyl (C=O) groups is 1. The predicted molar refractivity (Wildman–Crippen MR) is 64.7 cm³/mol. The van der Waals surface area contributed by atoms with Gasteiger partial charge in [0.1, 0.15) is 6.29 Å². The van der Waals surface area contributed by atoms with Crippen LogP contribution in [0.15, 0.2) is 0 Å². The second kappa shape index (κ2) is 4.04. The second-order valence-corrected chi connectivity index (χ2v) is 6.68. The zero-order valence-corrected chi connectivity index (χ0v) is 11.2. The van der Waals surface area contributed by atoms with Crippen LogP contribution in [0, 0.1) is 5.92 Å². The normalized spacial score (nSPS) is 31.3. The summed E-state index contributed by atoms with van der Waals surface area (Å²) < 4.78 is 11.8. The summed E-state index contributed by atoms with van der Waals surface area (Å²) in [5, 5.41) is 3.60. The lowest BCUT2D eigenvalue weighted by atomic mass is 9.78. The molecule has 0 aromatic heterocycles. The smallest absolute Gasteiger partial charge is 0.171 e. The fourth-order valence-electron chi connectivity index (χ4n) is 3.30. The SMILES string of the molecule is CC1(C)CC2(CC(C)(C)N1)OCC(C=O)CO2. The van der Waals surface area contributed by atoms with Crippen molar-refractivity contribution in [1.82, 2.24) is 5.32 Å². The molecule has 0 saturated carbocycles. The summed E-state index contributed by atoms with van der Waals surface area (Å²) in [6.45, 7) is 9.61. The molecule has 1 N–H and O–H groups in total. The maximum absolute atomic E-state index is 10.7. The molecule has 0 unspecified atom stereocenters. The lowest BCUT2D eigenvalue weighted by molar-refractivity contribution is -0.306. The van der Waals surface area contributed by atoms with Gasteiger partial charge >= 0.3 is 0 Å². The molecule has 2 rings (SSSR count). The van der Waals surface area contributed by atoms with Gasteiger partial charge in [0.2, 0.25) is 0 Å². The highest BCUT2D eigenvalue weighted by atomic mass is 16.7. The van der Waals surface area contributed by atoms with Crippen molar-refractivity contribution in [1.29, 1.82) is 0 Å². The van der Waals surface area contributed by atoms with E-state index in [9.17, 15) is 4.79 Å². The number of rotatable bonds is 1. The van der Waals surface area contributed by atoms with Gasteiger partial charge in [0, 0.05) is 23.9 Å². The first-order valence-electron chi connectivity index (χ1n) is 6.29. The maximum atomic E-state index is 10.7. The van der Waals surface area contributed by atoms with Crippen molar-refractivity contribution in [3.05, 3.63) is 0 Å². The molecule has 0 amide bonds. The third-order valence-corrected chi connectivity index (χ3v) is 3.41. The largest absolute Gasteiger partial charge is 0.349 e. The number of hydrogen-bond donors (Lipinski definition) is 1. The van der Waals surface area contributed by atoms with Gasteiger partial charge in [0.25, 0.3) is 0 Å². The number of nitrogens with one attached hydrogen (secondary N) is 1. The Labute approximate surface area is 103 Å². The summed E-state index contributed by atoms with van der Waals surface area (Å²) in [6, 6.07) is 0. The van der Waals surface area contributed by atoms with Gasteiger partial charge in [-0.3, -0.25) is 0 Å². The molecule has 17 heavy (non-hydrogen) atoms. The van der Waals surface area contributed by atoms with Crippen LogP contribution in [0.3, 0.4) is 0 Å². The van der Waals surface area contributed by atoms with E-state index in [1.807, 2.05) is 0 Å². The van der Waals surface area contributed by atoms with Gasteiger partial charge in [-0.05, 0) is 27.7 Å². The maximum Gasteiger partial charge on any atom is 0.171 e. The molecule has 0 aliphatic carbocycles. The molecule has 0 aromatic carbocycles. The zero-order valence-electron chi connectivity index (χ0n) is 11.2. The zero-order chi connectivity index (χ0) is 12.7. The van der Waals surface area contributed by atoms with E-state index in [4.69, 9.17) is 9.47 Å². The first kappa shape index (κ1) is 13.0. The minimum absolute atomic E-state index is 0.0181. The van der Waals surface area contributed by atoms with E-state index in [0.717, 1.165) is 19.1 Å². The molecule has 1 spiro atoms. The Balaban J connectivity index is 2.12. The molecular weight excluding hydrogens is 218 g/mol. The van der Waals surface area contributed by atoms with Crippen molar-refractivity contribution in [2.45, 2.75) is 57.4 Å². The molecule has 2 fully saturated rings. The second-order valence-electron chi connectivity index (χ2n) is 6.68. The third kappa shape index (κ3) is 2.87. The predicted octanol–water partition coefficient (Wildman–Crippen LogP) is 1.49. The quantitative estimate of drug-likeness (QED) is 0.707. The molecule has 0 atom stereocenters. The Morgan fingerprint density at radius 1 is 1.06 bits per heavy atom. The Morgan fingerprint density at radius 3 is 1.94 bits per heavy atom. The van der Waals surface area contributed by atoms with Crippen LogP contribution >= 0.6 is 0 Å². The van der Waals surface area contributed by atoms with Crippen LogP contribution in [0.4, 0.5) is 0 Å². The standard InChI is InChI=1S/C13H23NO3/c1-11(2)8-13(9-12(3,4)14-11)16-6-10(5-15)7-17-13/h5,10,14H,6-9H2,1-4H3. The van der Waals surface area contributed by atoms with E-state index >= 15 is 0 Å². The van der Waals surface area contributed by atoms with E-state index in [-0.39, 0.29) is 17.0 Å². The number of aldehydes is 1. The van der Waals surface area contributed by atoms with Gasteiger partial charge in [-0.1, -0.05) is 0 Å². The lowest BCUT2D eigenvalue weighted by Crippen LogP contribution is -2.66. The summed E-state index contributed by atoms with van der Waals surface area (Å²) in [6.07, 6.45) is 2.55. The van der Waals surface area contributed by atoms with Gasteiger partial charge in [-0.15, -0.1) is 0 Å². The molecule has 2 aliphatic rings. The molecule has 4 heteroatoms. The van der Waals surface area contributed by atoms with E-state index in [0.29, 0.717) is 13.2 Å². The van der Waals surface area contributed by atoms with Gasteiger partial charge in [-0.25, -0.2) is 0 Å². The van der Waals surface area contributed by atoms with Crippen LogP contribution < -0.4 is 5.32 Å². The molecule has 0 bridgehead atoms. The summed E-state index contributed by atoms with van der Waals surface area (Å²) >= 11 is 0. The van der Waals surface area contributed by atoms with Gasteiger partial charge < -0.3 is 19.6 Å². The van der Waals surface area contributed by atoms with E-state index in [2.05, 4.69) is 33.0 Å². The summed E-state index contributed by atoms with van der Waals surface area (Å²) in [7, 11) is 0. The van der Waals surface area contributed by atoms with Crippen molar-refractivity contribution in [2.24, 2.45) is 5.92 Å². The Kier molecular flexibility index (Phi) is 3.09. The first-order valence-corrected chi connectivity index (χ1v) is 6.29. The average molecular weight is 241 g/mol. The highest BCUT2D eigenvalue weighted by Crippen LogP contribution is 2.41. The van der Waals surface area contributed by atoms with Gasteiger partial charge in [0.15, 0.2) is 5.79 Å². The Hall–Kier alpha value is -0.450. The lowest BCUT2D eigenvalue weighted by Gasteiger charge is -2.53. The van der Waals surface area contributed by atoms with Crippen LogP contribution in [0.25, 0.3) is 0 Å². The van der Waals surface area contributed by atoms with Crippen LogP contribution in [-0.4, -0.2) is 36.4 Å². The van der Waals surface area contributed by atoms with Crippen molar-refractivity contribution >= 4 is 6.29 Å². The van der Waals surface area contributed by atoms with Crippen molar-refractivity contribution in [3.63, 3.8) is 0 Å². The molecule has 98 valence electrons. The topological polar surface area (TPSA) is 47.6 Å². The fourth-order valence-corrected chi connectivity index (χ4v) is 3.30. The van der Waals surface area contributed by atoms with E-state index in [1.165, 1.54) is 0 Å². The monoisotopic (exact) mass is 241 g/mol. The van der Waals surface area contributed by atoms with Gasteiger partial charge in [-0.2, -0.15) is 0 Å². The fraction of sp³-hybridized carbons (Fsp3) is 0.923. The first-order chi connectivity index (χ1) is 7.76. The molecule has 0 aromatic rings. The highest BCUT2D eigenvalue weighted by molar-refractivity contribution is 5.53. The van der Waals surface area contributed by atoms with E-state index in [1.54, 1.807) is 0 Å². The van der Waals surface area contributed by atoms with Crippen LogP contribution in [0.5, 0.6) is 0 Å². The van der Waals surface area contributed by atoms with Crippen molar-refractivity contribution < 1.29 is 14.3 Å². The van der Waals surface area contributed by atoms with Crippen LogP contribution in [0.2, 0.25) is 0 Å². The number of carbonyl (C=O) groups excluding carboxylic acids is 1. The summed E-state index contributed by atoms with van der Waals surface area (Å²) in [4.78, 5) is 10.7. The third-order valence-electron chi connectivity index (χ3n) is 3.41. The minimum atomic E-state index is -0.516. The molecule has 4 nitrogen and oxygen atoms in total. The average Bonchev–Trinajstić information content (AvgIpc) is 2.13.